The molecule has 1 rings (SSSR count). The number of nitrogens with two attached hydrogens (primary N) is 1. The van der Waals surface area contributed by atoms with E-state index in [4.69, 9.17) is 15.2 Å². The Morgan fingerprint density at radius 3 is 2.07 bits per heavy atom. The Balaban J connectivity index is 2.61. The van der Waals surface area contributed by atoms with Crippen molar-refractivity contribution in [3.63, 3.8) is 0 Å². The smallest absolute Gasteiger partial charge is 0.299 e. The number of aliphatic hydroxyl groups is 2. The molecule has 5 nitrogen and oxygen atoms in total. The molecule has 0 spiro atoms. The van der Waals surface area contributed by atoms with E-state index in [1.54, 1.807) is 0 Å². The molecule has 0 aliphatic carbocycles. The van der Waals surface area contributed by atoms with Crippen molar-refractivity contribution in [1.82, 2.24) is 0 Å². The Labute approximate surface area is 83.8 Å². The number of rotatable bonds is 2. The zero-order chi connectivity index (χ0) is 11.0. The van der Waals surface area contributed by atoms with Gasteiger partial charge in [-0.2, -0.15) is 0 Å². The summed E-state index contributed by atoms with van der Waals surface area (Å²) in [6.07, 6.45) is -0.888. The number of aliphatic hydroxyl groups excluding tert-OH is 1. The quantitative estimate of drug-likeness (QED) is 0.561. The van der Waals surface area contributed by atoms with Gasteiger partial charge in [0.15, 0.2) is 0 Å². The van der Waals surface area contributed by atoms with E-state index in [0.717, 1.165) is 0 Å². The summed E-state index contributed by atoms with van der Waals surface area (Å²) in [5, 5.41) is 19.0. The van der Waals surface area contributed by atoms with Crippen molar-refractivity contribution in [2.45, 2.75) is 38.9 Å². The fraction of sp³-hybridized carbons (Fsp3) is 1.00. The minimum atomic E-state index is -1.86. The van der Waals surface area contributed by atoms with Crippen molar-refractivity contribution in [3.8, 4) is 0 Å². The molecule has 0 aromatic rings. The summed E-state index contributed by atoms with van der Waals surface area (Å²) < 4.78 is 10.3. The maximum Gasteiger partial charge on any atom is 0.299 e. The topological polar surface area (TPSA) is 84.9 Å². The standard InChI is InChI=1S/C9H19NO4/c1-6(11)7(10)9(12)13-4-8(2,3)5-14-9/h6-7,11-12H,4-5,10H2,1-3H3. The van der Waals surface area contributed by atoms with Crippen molar-refractivity contribution in [1.29, 1.82) is 0 Å². The van der Waals surface area contributed by atoms with Crippen LogP contribution in [0.25, 0.3) is 0 Å². The Bertz CT molecular complexity index is 195. The molecule has 2 atom stereocenters. The fourth-order valence-electron chi connectivity index (χ4n) is 1.18. The average molecular weight is 205 g/mol. The number of ether oxygens (including phenoxy) is 2. The van der Waals surface area contributed by atoms with Crippen LogP contribution >= 0.6 is 0 Å². The van der Waals surface area contributed by atoms with Gasteiger partial charge < -0.3 is 25.4 Å². The molecule has 2 unspecified atom stereocenters. The molecule has 1 saturated heterocycles. The van der Waals surface area contributed by atoms with E-state index in [2.05, 4.69) is 0 Å². The van der Waals surface area contributed by atoms with Gasteiger partial charge in [-0.25, -0.2) is 0 Å². The van der Waals surface area contributed by atoms with Gasteiger partial charge in [-0.05, 0) is 6.92 Å². The second kappa shape index (κ2) is 3.75. The van der Waals surface area contributed by atoms with E-state index in [1.807, 2.05) is 13.8 Å². The van der Waals surface area contributed by atoms with Gasteiger partial charge in [0, 0.05) is 5.41 Å². The highest BCUT2D eigenvalue weighted by Crippen LogP contribution is 2.29. The van der Waals surface area contributed by atoms with Gasteiger partial charge in [0.25, 0.3) is 5.97 Å². The molecule has 14 heavy (non-hydrogen) atoms. The van der Waals surface area contributed by atoms with E-state index in [1.165, 1.54) is 6.92 Å². The summed E-state index contributed by atoms with van der Waals surface area (Å²) >= 11 is 0. The first-order chi connectivity index (χ1) is 6.27. The molecule has 5 heteroatoms. The zero-order valence-electron chi connectivity index (χ0n) is 8.86. The monoisotopic (exact) mass is 205 g/mol. The summed E-state index contributed by atoms with van der Waals surface area (Å²) in [6, 6.07) is -0.960. The van der Waals surface area contributed by atoms with Crippen molar-refractivity contribution in [3.05, 3.63) is 0 Å². The Kier molecular flexibility index (Phi) is 3.18. The lowest BCUT2D eigenvalue weighted by Crippen LogP contribution is -2.61. The third-order valence-electron chi connectivity index (χ3n) is 2.28. The van der Waals surface area contributed by atoms with E-state index in [-0.39, 0.29) is 5.41 Å². The number of hydrogen-bond acceptors (Lipinski definition) is 5. The predicted molar refractivity (Wildman–Crippen MR) is 50.3 cm³/mol. The zero-order valence-corrected chi connectivity index (χ0v) is 8.86. The second-order valence-corrected chi connectivity index (χ2v) is 4.64. The summed E-state index contributed by atoms with van der Waals surface area (Å²) in [5.41, 5.74) is 5.43. The van der Waals surface area contributed by atoms with Crippen molar-refractivity contribution in [2.75, 3.05) is 13.2 Å². The molecular formula is C9H19NO4. The summed E-state index contributed by atoms with van der Waals surface area (Å²) in [6.45, 7) is 6.10. The molecule has 1 aliphatic rings. The van der Waals surface area contributed by atoms with Crippen LogP contribution < -0.4 is 5.73 Å². The van der Waals surface area contributed by atoms with Gasteiger partial charge in [0.2, 0.25) is 0 Å². The van der Waals surface area contributed by atoms with Crippen molar-refractivity contribution in [2.24, 2.45) is 11.1 Å². The van der Waals surface area contributed by atoms with Gasteiger partial charge in [-0.15, -0.1) is 0 Å². The van der Waals surface area contributed by atoms with Crippen LogP contribution in [-0.2, 0) is 9.47 Å². The molecule has 1 fully saturated rings. The van der Waals surface area contributed by atoms with Crippen LogP contribution in [0.1, 0.15) is 20.8 Å². The van der Waals surface area contributed by atoms with Gasteiger partial charge >= 0.3 is 0 Å². The molecule has 0 bridgehead atoms. The summed E-state index contributed by atoms with van der Waals surface area (Å²) in [7, 11) is 0. The molecule has 4 N–H and O–H groups in total. The first-order valence-corrected chi connectivity index (χ1v) is 4.71. The predicted octanol–water partition coefficient (Wildman–Crippen LogP) is -0.586. The van der Waals surface area contributed by atoms with Crippen LogP contribution in [0.15, 0.2) is 0 Å². The van der Waals surface area contributed by atoms with Crippen LogP contribution in [0, 0.1) is 5.41 Å². The minimum absolute atomic E-state index is 0.134. The summed E-state index contributed by atoms with van der Waals surface area (Å²) in [5.74, 6) is -1.86. The Morgan fingerprint density at radius 2 is 1.71 bits per heavy atom. The number of hydrogen-bond donors (Lipinski definition) is 3. The fourth-order valence-corrected chi connectivity index (χ4v) is 1.18. The minimum Gasteiger partial charge on any atom is -0.391 e. The first kappa shape index (κ1) is 11.9. The summed E-state index contributed by atoms with van der Waals surface area (Å²) in [4.78, 5) is 0. The van der Waals surface area contributed by atoms with Gasteiger partial charge in [0.05, 0.1) is 19.3 Å². The van der Waals surface area contributed by atoms with Crippen LogP contribution in [0.2, 0.25) is 0 Å². The van der Waals surface area contributed by atoms with Crippen LogP contribution in [0.4, 0.5) is 0 Å². The highest BCUT2D eigenvalue weighted by Gasteiger charge is 2.45. The molecule has 84 valence electrons. The average Bonchev–Trinajstić information content (AvgIpc) is 2.09. The second-order valence-electron chi connectivity index (χ2n) is 4.64. The lowest BCUT2D eigenvalue weighted by molar-refractivity contribution is -0.413. The van der Waals surface area contributed by atoms with Crippen LogP contribution in [0.3, 0.4) is 0 Å². The molecule has 0 amide bonds. The largest absolute Gasteiger partial charge is 0.391 e. The lowest BCUT2D eigenvalue weighted by Gasteiger charge is -2.43. The maximum absolute atomic E-state index is 9.81. The Hall–Kier alpha value is -0.200. The van der Waals surface area contributed by atoms with Crippen LogP contribution in [0.5, 0.6) is 0 Å². The molecule has 1 heterocycles. The van der Waals surface area contributed by atoms with E-state index < -0.39 is 18.1 Å². The van der Waals surface area contributed by atoms with E-state index in [9.17, 15) is 10.2 Å². The van der Waals surface area contributed by atoms with Gasteiger partial charge in [-0.1, -0.05) is 13.8 Å². The molecular weight excluding hydrogens is 186 g/mol. The third kappa shape index (κ3) is 2.43. The van der Waals surface area contributed by atoms with Crippen molar-refractivity contribution >= 4 is 0 Å². The molecule has 0 radical (unpaired) electrons. The molecule has 0 saturated carbocycles. The highest BCUT2D eigenvalue weighted by atomic mass is 16.8. The van der Waals surface area contributed by atoms with E-state index >= 15 is 0 Å². The third-order valence-corrected chi connectivity index (χ3v) is 2.28. The first-order valence-electron chi connectivity index (χ1n) is 4.71. The van der Waals surface area contributed by atoms with Crippen LogP contribution in [-0.4, -0.2) is 41.5 Å². The molecule has 0 aromatic heterocycles. The highest BCUT2D eigenvalue weighted by molar-refractivity contribution is 4.83. The lowest BCUT2D eigenvalue weighted by atomic mass is 9.95. The van der Waals surface area contributed by atoms with Crippen molar-refractivity contribution < 1.29 is 19.7 Å². The molecule has 0 aromatic carbocycles. The SMILES string of the molecule is CC(O)C(N)C1(O)OCC(C)(C)CO1. The van der Waals surface area contributed by atoms with Gasteiger partial charge in [0.1, 0.15) is 6.04 Å². The van der Waals surface area contributed by atoms with E-state index in [0.29, 0.717) is 13.2 Å². The maximum atomic E-state index is 9.81. The van der Waals surface area contributed by atoms with Gasteiger partial charge in [-0.3, -0.25) is 0 Å². The molecule has 1 aliphatic heterocycles. The normalized spacial score (nSPS) is 29.6. The Morgan fingerprint density at radius 1 is 1.29 bits per heavy atom.